The highest BCUT2D eigenvalue weighted by atomic mass is 35.5. The number of hydrogen-bond acceptors (Lipinski definition) is 2. The van der Waals surface area contributed by atoms with Crippen LogP contribution >= 0.6 is 11.6 Å². The van der Waals surface area contributed by atoms with Gasteiger partial charge in [-0.15, -0.1) is 0 Å². The van der Waals surface area contributed by atoms with Gasteiger partial charge in [0.05, 0.1) is 32.6 Å². The van der Waals surface area contributed by atoms with Crippen LogP contribution in [0, 0.1) is 5.82 Å². The molecule has 0 atom stereocenters. The lowest BCUT2D eigenvalue weighted by atomic mass is 10.1. The Hall–Kier alpha value is -2.44. The van der Waals surface area contributed by atoms with Crippen molar-refractivity contribution in [2.45, 2.75) is 19.8 Å². The van der Waals surface area contributed by atoms with Gasteiger partial charge in [-0.2, -0.15) is 0 Å². The van der Waals surface area contributed by atoms with Crippen molar-refractivity contribution >= 4 is 29.1 Å². The van der Waals surface area contributed by atoms with Crippen molar-refractivity contribution in [3.8, 4) is 0 Å². The van der Waals surface area contributed by atoms with Crippen LogP contribution in [-0.2, 0) is 22.4 Å². The predicted molar refractivity (Wildman–Crippen MR) is 112 cm³/mol. The lowest BCUT2D eigenvalue weighted by Crippen LogP contribution is -3.15. The first-order valence-electron chi connectivity index (χ1n) is 9.90. The third-order valence-corrected chi connectivity index (χ3v) is 5.65. The van der Waals surface area contributed by atoms with Gasteiger partial charge in [0.25, 0.3) is 5.91 Å². The second kappa shape index (κ2) is 9.85. The second-order valence-corrected chi connectivity index (χ2v) is 7.65. The van der Waals surface area contributed by atoms with Crippen molar-refractivity contribution in [2.75, 3.05) is 38.0 Å². The number of nitrogens with zero attached hydrogens (tertiary/aromatic N) is 1. The monoisotopic (exact) mass is 418 g/mol. The fraction of sp³-hybridized carbons (Fsp3) is 0.364. The fourth-order valence-electron chi connectivity index (χ4n) is 3.59. The molecule has 2 aromatic rings. The zero-order valence-corrected chi connectivity index (χ0v) is 17.3. The van der Waals surface area contributed by atoms with Crippen LogP contribution < -0.4 is 10.2 Å². The summed E-state index contributed by atoms with van der Waals surface area (Å²) in [5, 5.41) is 3.26. The van der Waals surface area contributed by atoms with Crippen LogP contribution in [0.2, 0.25) is 5.02 Å². The van der Waals surface area contributed by atoms with E-state index in [1.54, 1.807) is 11.0 Å². The van der Waals surface area contributed by atoms with Crippen molar-refractivity contribution < 1.29 is 18.9 Å². The lowest BCUT2D eigenvalue weighted by molar-refractivity contribution is -0.895. The predicted octanol–water partition coefficient (Wildman–Crippen LogP) is 1.95. The van der Waals surface area contributed by atoms with Gasteiger partial charge >= 0.3 is 0 Å². The minimum atomic E-state index is -0.459. The van der Waals surface area contributed by atoms with Crippen molar-refractivity contribution in [1.29, 1.82) is 0 Å². The van der Waals surface area contributed by atoms with Gasteiger partial charge in [-0.1, -0.05) is 42.8 Å². The van der Waals surface area contributed by atoms with E-state index in [1.165, 1.54) is 12.1 Å². The maximum Gasteiger partial charge on any atom is 0.279 e. The summed E-state index contributed by atoms with van der Waals surface area (Å²) >= 11 is 6.02. The molecule has 1 heterocycles. The molecule has 29 heavy (non-hydrogen) atoms. The highest BCUT2D eigenvalue weighted by Crippen LogP contribution is 2.20. The second-order valence-electron chi connectivity index (χ2n) is 7.24. The third-order valence-electron chi connectivity index (χ3n) is 5.30. The molecule has 0 saturated carbocycles. The number of anilines is 1. The molecule has 0 radical (unpaired) electrons. The van der Waals surface area contributed by atoms with Gasteiger partial charge in [0, 0.05) is 16.3 Å². The van der Waals surface area contributed by atoms with Gasteiger partial charge in [0.15, 0.2) is 6.54 Å². The Morgan fingerprint density at radius 2 is 1.86 bits per heavy atom. The minimum Gasteiger partial charge on any atom is -0.331 e. The van der Waals surface area contributed by atoms with E-state index < -0.39 is 5.82 Å². The molecule has 0 bridgehead atoms. The van der Waals surface area contributed by atoms with Crippen molar-refractivity contribution in [2.24, 2.45) is 0 Å². The number of halogens is 2. The van der Waals surface area contributed by atoms with Gasteiger partial charge in [-0.3, -0.25) is 9.59 Å². The number of nitrogens with one attached hydrogen (secondary N) is 2. The fourth-order valence-corrected chi connectivity index (χ4v) is 3.82. The van der Waals surface area contributed by atoms with Crippen LogP contribution in [0.5, 0.6) is 0 Å². The molecule has 3 rings (SSSR count). The number of rotatable bonds is 6. The summed E-state index contributed by atoms with van der Waals surface area (Å²) in [6.07, 6.45) is 0.811. The molecule has 1 fully saturated rings. The first kappa shape index (κ1) is 21.3. The van der Waals surface area contributed by atoms with Crippen LogP contribution in [0.3, 0.4) is 0 Å². The van der Waals surface area contributed by atoms with Gasteiger partial charge in [-0.05, 0) is 30.2 Å². The van der Waals surface area contributed by atoms with Crippen LogP contribution in [0.25, 0.3) is 0 Å². The number of aryl methyl sites for hydroxylation is 1. The smallest absolute Gasteiger partial charge is 0.279 e. The van der Waals surface area contributed by atoms with Crippen molar-refractivity contribution in [1.82, 2.24) is 4.90 Å². The van der Waals surface area contributed by atoms with E-state index in [4.69, 9.17) is 11.6 Å². The van der Waals surface area contributed by atoms with E-state index in [0.29, 0.717) is 32.7 Å². The van der Waals surface area contributed by atoms with E-state index >= 15 is 0 Å². The molecule has 7 heteroatoms. The standard InChI is InChI=1S/C22H25ClFN3O2/c1-2-16-6-3-4-9-20(16)25-21(28)15-26-10-12-27(13-11-26)22(29)14-17-18(23)7-5-8-19(17)24/h3-9H,2,10-15H2,1H3,(H,25,28)/p+1. The largest absolute Gasteiger partial charge is 0.331 e. The number of benzene rings is 2. The molecular formula is C22H26ClFN3O2+. The van der Waals surface area contributed by atoms with E-state index in [9.17, 15) is 14.0 Å². The van der Waals surface area contributed by atoms with E-state index in [0.717, 1.165) is 22.6 Å². The summed E-state index contributed by atoms with van der Waals surface area (Å²) in [4.78, 5) is 27.8. The maximum absolute atomic E-state index is 13.9. The van der Waals surface area contributed by atoms with Gasteiger partial charge in [-0.25, -0.2) is 4.39 Å². The first-order valence-corrected chi connectivity index (χ1v) is 10.3. The number of carbonyl (C=O) groups is 2. The molecule has 2 N–H and O–H groups in total. The summed E-state index contributed by atoms with van der Waals surface area (Å²) < 4.78 is 13.9. The molecule has 154 valence electrons. The van der Waals surface area contributed by atoms with Crippen LogP contribution in [0.1, 0.15) is 18.1 Å². The molecule has 5 nitrogen and oxygen atoms in total. The quantitative estimate of drug-likeness (QED) is 0.753. The molecule has 0 spiro atoms. The van der Waals surface area contributed by atoms with Crippen molar-refractivity contribution in [3.63, 3.8) is 0 Å². The summed E-state index contributed by atoms with van der Waals surface area (Å²) in [5.74, 6) is -0.629. The van der Waals surface area contributed by atoms with E-state index in [2.05, 4.69) is 12.2 Å². The van der Waals surface area contributed by atoms with Gasteiger partial charge < -0.3 is 15.1 Å². The SMILES string of the molecule is CCc1ccccc1NC(=O)C[NH+]1CCN(C(=O)Cc2c(F)cccc2Cl)CC1. The van der Waals surface area contributed by atoms with Crippen LogP contribution in [0.4, 0.5) is 10.1 Å². The Bertz CT molecular complexity index is 862. The Labute approximate surface area is 175 Å². The van der Waals surface area contributed by atoms with Gasteiger partial charge in [0.1, 0.15) is 5.82 Å². The zero-order chi connectivity index (χ0) is 20.8. The number of hydrogen-bond donors (Lipinski definition) is 2. The number of amides is 2. The Morgan fingerprint density at radius 1 is 1.14 bits per heavy atom. The molecular weight excluding hydrogens is 393 g/mol. The maximum atomic E-state index is 13.9. The average Bonchev–Trinajstić information content (AvgIpc) is 2.71. The Balaban J connectivity index is 1.49. The molecule has 0 aliphatic carbocycles. The van der Waals surface area contributed by atoms with E-state index in [-0.39, 0.29) is 28.8 Å². The number of para-hydroxylation sites is 1. The van der Waals surface area contributed by atoms with E-state index in [1.807, 2.05) is 24.3 Å². The van der Waals surface area contributed by atoms with Crippen LogP contribution in [-0.4, -0.2) is 49.4 Å². The van der Waals surface area contributed by atoms with Gasteiger partial charge in [0.2, 0.25) is 5.91 Å². The summed E-state index contributed by atoms with van der Waals surface area (Å²) in [6.45, 7) is 4.86. The molecule has 2 amide bonds. The Morgan fingerprint density at radius 3 is 2.55 bits per heavy atom. The average molecular weight is 419 g/mol. The molecule has 1 aliphatic heterocycles. The zero-order valence-electron chi connectivity index (χ0n) is 16.5. The molecule has 0 unspecified atom stereocenters. The van der Waals surface area contributed by atoms with Crippen molar-refractivity contribution in [3.05, 3.63) is 64.4 Å². The molecule has 1 saturated heterocycles. The van der Waals surface area contributed by atoms with Crippen LogP contribution in [0.15, 0.2) is 42.5 Å². The number of carbonyl (C=O) groups excluding carboxylic acids is 2. The molecule has 2 aromatic carbocycles. The number of quaternary nitrogens is 1. The molecule has 0 aromatic heterocycles. The minimum absolute atomic E-state index is 0.0289. The highest BCUT2D eigenvalue weighted by molar-refractivity contribution is 6.31. The normalized spacial score (nSPS) is 14.7. The summed E-state index contributed by atoms with van der Waals surface area (Å²) in [6, 6.07) is 12.2. The summed E-state index contributed by atoms with van der Waals surface area (Å²) in [5.41, 5.74) is 2.20. The lowest BCUT2D eigenvalue weighted by Gasteiger charge is -2.32. The first-order chi connectivity index (χ1) is 14.0. The summed E-state index contributed by atoms with van der Waals surface area (Å²) in [7, 11) is 0. The topological polar surface area (TPSA) is 53.9 Å². The third kappa shape index (κ3) is 5.55. The highest BCUT2D eigenvalue weighted by Gasteiger charge is 2.26. The molecule has 1 aliphatic rings. The number of piperazine rings is 1. The Kier molecular flexibility index (Phi) is 7.23.